The fourth-order valence-electron chi connectivity index (χ4n) is 2.95. The van der Waals surface area contributed by atoms with E-state index in [-0.39, 0.29) is 5.91 Å². The van der Waals surface area contributed by atoms with Crippen LogP contribution >= 0.6 is 0 Å². The van der Waals surface area contributed by atoms with Gasteiger partial charge in [-0.25, -0.2) is 0 Å². The topological polar surface area (TPSA) is 46.3 Å². The minimum absolute atomic E-state index is 0.103. The zero-order valence-corrected chi connectivity index (χ0v) is 12.6. The van der Waals surface area contributed by atoms with E-state index in [1.807, 2.05) is 47.4 Å². The lowest BCUT2D eigenvalue weighted by Gasteiger charge is -2.27. The Morgan fingerprint density at radius 2 is 1.74 bits per heavy atom. The zero-order valence-electron chi connectivity index (χ0n) is 12.6. The molecule has 114 valence electrons. The molecule has 0 N–H and O–H groups in total. The van der Waals surface area contributed by atoms with Gasteiger partial charge in [-0.3, -0.25) is 4.79 Å². The molecular weight excluding hydrogens is 288 g/mol. The van der Waals surface area contributed by atoms with Crippen LogP contribution in [0.2, 0.25) is 0 Å². The van der Waals surface area contributed by atoms with Crippen molar-refractivity contribution in [3.63, 3.8) is 0 Å². The Morgan fingerprint density at radius 1 is 1.00 bits per heavy atom. The van der Waals surface area contributed by atoms with E-state index in [2.05, 4.69) is 17.3 Å². The van der Waals surface area contributed by atoms with Gasteiger partial charge in [0.25, 0.3) is 5.91 Å². The standard InChI is InChI=1S/C19H16N2O2/c22-19(21-11-10-14-6-4-5-9-16(14)13-21)18-12-17(20-23-18)15-7-2-1-3-8-15/h1-9,12H,10-11,13H2. The molecule has 4 nitrogen and oxygen atoms in total. The van der Waals surface area contributed by atoms with Gasteiger partial charge in [-0.15, -0.1) is 0 Å². The molecule has 0 bridgehead atoms. The Balaban J connectivity index is 1.55. The van der Waals surface area contributed by atoms with Crippen molar-refractivity contribution in [1.82, 2.24) is 10.1 Å². The smallest absolute Gasteiger partial charge is 0.292 e. The van der Waals surface area contributed by atoms with E-state index in [0.717, 1.165) is 12.0 Å². The van der Waals surface area contributed by atoms with Gasteiger partial charge in [-0.1, -0.05) is 59.8 Å². The molecule has 0 saturated heterocycles. The van der Waals surface area contributed by atoms with Crippen LogP contribution in [0, 0.1) is 0 Å². The molecule has 4 heteroatoms. The number of nitrogens with zero attached hydrogens (tertiary/aromatic N) is 2. The largest absolute Gasteiger partial charge is 0.350 e. The third-order valence-electron chi connectivity index (χ3n) is 4.21. The molecule has 23 heavy (non-hydrogen) atoms. The average molecular weight is 304 g/mol. The Kier molecular flexibility index (Phi) is 3.42. The van der Waals surface area contributed by atoms with Gasteiger partial charge in [0, 0.05) is 24.7 Å². The summed E-state index contributed by atoms with van der Waals surface area (Å²) in [4.78, 5) is 14.5. The Morgan fingerprint density at radius 3 is 2.57 bits per heavy atom. The summed E-state index contributed by atoms with van der Waals surface area (Å²) >= 11 is 0. The molecule has 1 aromatic heterocycles. The van der Waals surface area contributed by atoms with Gasteiger partial charge in [-0.2, -0.15) is 0 Å². The van der Waals surface area contributed by atoms with Gasteiger partial charge < -0.3 is 9.42 Å². The summed E-state index contributed by atoms with van der Waals surface area (Å²) in [5.74, 6) is 0.192. The molecule has 4 rings (SSSR count). The maximum atomic E-state index is 12.6. The van der Waals surface area contributed by atoms with Crippen molar-refractivity contribution in [1.29, 1.82) is 0 Å². The first kappa shape index (κ1) is 13.8. The molecular formula is C19H16N2O2. The highest BCUT2D eigenvalue weighted by atomic mass is 16.5. The summed E-state index contributed by atoms with van der Waals surface area (Å²) in [6, 6.07) is 19.7. The Bertz CT molecular complexity index is 839. The highest BCUT2D eigenvalue weighted by Gasteiger charge is 2.24. The highest BCUT2D eigenvalue weighted by Crippen LogP contribution is 2.23. The Hall–Kier alpha value is -2.88. The normalized spacial score (nSPS) is 13.7. The van der Waals surface area contributed by atoms with Gasteiger partial charge >= 0.3 is 0 Å². The summed E-state index contributed by atoms with van der Waals surface area (Å²) in [7, 11) is 0. The van der Waals surface area contributed by atoms with E-state index in [4.69, 9.17) is 4.52 Å². The minimum Gasteiger partial charge on any atom is -0.350 e. The number of amides is 1. The summed E-state index contributed by atoms with van der Waals surface area (Å²) in [5.41, 5.74) is 4.15. The van der Waals surface area contributed by atoms with Crippen LogP contribution in [0.3, 0.4) is 0 Å². The van der Waals surface area contributed by atoms with Crippen molar-refractivity contribution >= 4 is 5.91 Å². The third-order valence-corrected chi connectivity index (χ3v) is 4.21. The van der Waals surface area contributed by atoms with Crippen LogP contribution in [-0.2, 0) is 13.0 Å². The quantitative estimate of drug-likeness (QED) is 0.727. The number of hydrogen-bond donors (Lipinski definition) is 0. The molecule has 2 aromatic carbocycles. The number of carbonyl (C=O) groups is 1. The van der Waals surface area contributed by atoms with Crippen molar-refractivity contribution in [2.24, 2.45) is 0 Å². The van der Waals surface area contributed by atoms with Crippen molar-refractivity contribution in [2.45, 2.75) is 13.0 Å². The number of benzene rings is 2. The maximum absolute atomic E-state index is 12.6. The second-order valence-corrected chi connectivity index (χ2v) is 5.69. The number of aromatic nitrogens is 1. The lowest BCUT2D eigenvalue weighted by Crippen LogP contribution is -2.35. The van der Waals surface area contributed by atoms with Gasteiger partial charge in [0.2, 0.25) is 5.76 Å². The summed E-state index contributed by atoms with van der Waals surface area (Å²) in [6.45, 7) is 1.33. The summed E-state index contributed by atoms with van der Waals surface area (Å²) in [5, 5.41) is 4.02. The van der Waals surface area contributed by atoms with Crippen molar-refractivity contribution < 1.29 is 9.32 Å². The lowest BCUT2D eigenvalue weighted by atomic mass is 10.00. The van der Waals surface area contributed by atoms with Crippen LogP contribution in [0.25, 0.3) is 11.3 Å². The van der Waals surface area contributed by atoms with Gasteiger partial charge in [0.05, 0.1) is 0 Å². The van der Waals surface area contributed by atoms with E-state index in [1.165, 1.54) is 11.1 Å². The van der Waals surface area contributed by atoms with Gasteiger partial charge in [-0.05, 0) is 17.5 Å². The van der Waals surface area contributed by atoms with Crippen molar-refractivity contribution in [2.75, 3.05) is 6.54 Å². The minimum atomic E-state index is -0.103. The predicted octanol–water partition coefficient (Wildman–Crippen LogP) is 3.54. The first-order chi connectivity index (χ1) is 11.3. The lowest BCUT2D eigenvalue weighted by molar-refractivity contribution is 0.0692. The molecule has 0 spiro atoms. The van der Waals surface area contributed by atoms with E-state index in [9.17, 15) is 4.79 Å². The molecule has 2 heterocycles. The molecule has 0 aliphatic carbocycles. The van der Waals surface area contributed by atoms with E-state index >= 15 is 0 Å². The van der Waals surface area contributed by atoms with Crippen LogP contribution in [-0.4, -0.2) is 22.5 Å². The van der Waals surface area contributed by atoms with Crippen LogP contribution in [0.5, 0.6) is 0 Å². The SMILES string of the molecule is O=C(c1cc(-c2ccccc2)no1)N1CCc2ccccc2C1. The number of rotatable bonds is 2. The molecule has 0 radical (unpaired) electrons. The fourth-order valence-corrected chi connectivity index (χ4v) is 2.95. The molecule has 1 aliphatic heterocycles. The van der Waals surface area contributed by atoms with Gasteiger partial charge in [0.15, 0.2) is 0 Å². The van der Waals surface area contributed by atoms with E-state index < -0.39 is 0 Å². The van der Waals surface area contributed by atoms with E-state index in [0.29, 0.717) is 24.5 Å². The molecule has 1 aliphatic rings. The second kappa shape index (κ2) is 5.72. The monoisotopic (exact) mass is 304 g/mol. The summed E-state index contributed by atoms with van der Waals surface area (Å²) < 4.78 is 5.28. The molecule has 0 unspecified atom stereocenters. The zero-order chi connectivity index (χ0) is 15.6. The van der Waals surface area contributed by atoms with Gasteiger partial charge in [0.1, 0.15) is 5.69 Å². The van der Waals surface area contributed by atoms with Crippen LogP contribution in [0.15, 0.2) is 65.2 Å². The summed E-state index contributed by atoms with van der Waals surface area (Å²) in [6.07, 6.45) is 0.877. The second-order valence-electron chi connectivity index (χ2n) is 5.69. The van der Waals surface area contributed by atoms with Crippen LogP contribution in [0.1, 0.15) is 21.7 Å². The third kappa shape index (κ3) is 2.63. The highest BCUT2D eigenvalue weighted by molar-refractivity contribution is 5.92. The van der Waals surface area contributed by atoms with Crippen LogP contribution in [0.4, 0.5) is 0 Å². The molecule has 0 saturated carbocycles. The first-order valence-corrected chi connectivity index (χ1v) is 7.69. The van der Waals surface area contributed by atoms with Crippen molar-refractivity contribution in [3.05, 3.63) is 77.6 Å². The maximum Gasteiger partial charge on any atom is 0.292 e. The number of carbonyl (C=O) groups excluding carboxylic acids is 1. The average Bonchev–Trinajstić information content (AvgIpc) is 3.11. The molecule has 3 aromatic rings. The van der Waals surface area contributed by atoms with Crippen LogP contribution < -0.4 is 0 Å². The first-order valence-electron chi connectivity index (χ1n) is 7.69. The molecule has 0 fully saturated rings. The molecule has 1 amide bonds. The number of fused-ring (bicyclic) bond motifs is 1. The Labute approximate surface area is 134 Å². The van der Waals surface area contributed by atoms with E-state index in [1.54, 1.807) is 6.07 Å². The predicted molar refractivity (Wildman–Crippen MR) is 86.8 cm³/mol. The van der Waals surface area contributed by atoms with Crippen molar-refractivity contribution in [3.8, 4) is 11.3 Å². The number of hydrogen-bond acceptors (Lipinski definition) is 3. The fraction of sp³-hybridized carbons (Fsp3) is 0.158. The molecule has 0 atom stereocenters.